The molecule has 1 N–H and O–H groups in total. The Bertz CT molecular complexity index is 1430. The number of nitrogens with zero attached hydrogens (tertiary/aromatic N) is 4. The van der Waals surface area contributed by atoms with E-state index in [1.807, 2.05) is 13.8 Å². The highest BCUT2D eigenvalue weighted by Gasteiger charge is 2.45. The van der Waals surface area contributed by atoms with Crippen LogP contribution in [0.15, 0.2) is 48.5 Å². The molecule has 3 aromatic rings. The topological polar surface area (TPSA) is 63.4 Å². The molecule has 1 aromatic heterocycles. The fourth-order valence-electron chi connectivity index (χ4n) is 7.97. The maximum atomic E-state index is 10.7. The molecule has 0 aliphatic carbocycles. The van der Waals surface area contributed by atoms with Crippen LogP contribution in [0.5, 0.6) is 0 Å². The molecule has 2 heterocycles. The summed E-state index contributed by atoms with van der Waals surface area (Å²) in [6.45, 7) is 29.3. The summed E-state index contributed by atoms with van der Waals surface area (Å²) in [5, 5.41) is 20.5. The van der Waals surface area contributed by atoms with E-state index >= 15 is 0 Å². The van der Waals surface area contributed by atoms with Crippen LogP contribution in [0.25, 0.3) is 22.5 Å². The van der Waals surface area contributed by atoms with Crippen LogP contribution in [0.1, 0.15) is 94.6 Å². The number of benzene rings is 2. The standard InChI is InChI=1S/C36H55BN4O2/c1-25(36(10,11)43-37(12)13)35(8,9)40-22-26-18-14-15-19-27(26)31-30(28-20-16-17-21-29(28)40)38-39-41(31)33(4,5)23-32(2,3)24-34(6,7)42/h14-21,25,42H,22-24H2,1-13H3. The molecule has 1 atom stereocenters. The van der Waals surface area contributed by atoms with Gasteiger partial charge >= 0.3 is 0 Å². The first-order valence-corrected chi connectivity index (χ1v) is 16.0. The van der Waals surface area contributed by atoms with Gasteiger partial charge in [0.05, 0.1) is 22.4 Å². The number of hydrogen-bond acceptors (Lipinski definition) is 5. The maximum absolute atomic E-state index is 10.7. The third-order valence-corrected chi connectivity index (χ3v) is 9.45. The molecule has 0 fully saturated rings. The predicted molar refractivity (Wildman–Crippen MR) is 182 cm³/mol. The zero-order chi connectivity index (χ0) is 32.2. The third-order valence-electron chi connectivity index (χ3n) is 9.45. The van der Waals surface area contributed by atoms with Crippen molar-refractivity contribution in [3.8, 4) is 22.5 Å². The highest BCUT2D eigenvalue weighted by molar-refractivity contribution is 6.48. The molecule has 7 heteroatoms. The molecule has 0 spiro atoms. The fraction of sp³-hybridized carbons (Fsp3) is 0.611. The second-order valence-corrected chi connectivity index (χ2v) is 16.2. The van der Waals surface area contributed by atoms with Gasteiger partial charge in [-0.05, 0) is 85.3 Å². The molecule has 4 rings (SSSR count). The molecule has 6 nitrogen and oxygen atoms in total. The number of aromatic nitrogens is 3. The summed E-state index contributed by atoms with van der Waals surface area (Å²) in [5.74, 6) is 0.203. The quantitative estimate of drug-likeness (QED) is 0.241. The Labute approximate surface area is 261 Å². The molecule has 1 aliphatic heterocycles. The molecule has 0 amide bonds. The SMILES string of the molecule is CB(C)OC(C)(C)C(C)C(C)(C)N1Cc2ccccc2-c2c(nnn2C(C)(C)CC(C)(C)CC(C)(C)O)-c2ccccc21. The summed E-state index contributed by atoms with van der Waals surface area (Å²) < 4.78 is 8.63. The van der Waals surface area contributed by atoms with Crippen LogP contribution in [-0.4, -0.2) is 43.8 Å². The van der Waals surface area contributed by atoms with Crippen LogP contribution in [0.4, 0.5) is 5.69 Å². The molecule has 0 saturated heterocycles. The van der Waals surface area contributed by atoms with Gasteiger partial charge < -0.3 is 14.7 Å². The van der Waals surface area contributed by atoms with Crippen molar-refractivity contribution in [3.05, 3.63) is 54.1 Å². The second kappa shape index (κ2) is 11.4. The number of hydrogen-bond donors (Lipinski definition) is 1. The van der Waals surface area contributed by atoms with Gasteiger partial charge in [-0.1, -0.05) is 82.1 Å². The minimum Gasteiger partial charge on any atom is -0.431 e. The van der Waals surface area contributed by atoms with E-state index in [9.17, 15) is 5.11 Å². The van der Waals surface area contributed by atoms with E-state index in [2.05, 4.69) is 134 Å². The average molecular weight is 587 g/mol. The van der Waals surface area contributed by atoms with Crippen LogP contribution in [-0.2, 0) is 16.7 Å². The zero-order valence-corrected chi connectivity index (χ0v) is 29.0. The van der Waals surface area contributed by atoms with Crippen molar-refractivity contribution in [2.75, 3.05) is 4.90 Å². The molecule has 0 saturated carbocycles. The summed E-state index contributed by atoms with van der Waals surface area (Å²) in [5.41, 5.74) is 4.83. The third kappa shape index (κ3) is 6.88. The summed E-state index contributed by atoms with van der Waals surface area (Å²) in [7, 11) is 0. The highest BCUT2D eigenvalue weighted by atomic mass is 16.5. The van der Waals surface area contributed by atoms with E-state index in [4.69, 9.17) is 15.0 Å². The van der Waals surface area contributed by atoms with E-state index in [0.717, 1.165) is 41.2 Å². The normalized spacial score (nSPS) is 15.3. The summed E-state index contributed by atoms with van der Waals surface area (Å²) in [6, 6.07) is 17.4. The molecule has 2 aromatic carbocycles. The lowest BCUT2D eigenvalue weighted by Gasteiger charge is -2.51. The first kappa shape index (κ1) is 33.3. The Balaban J connectivity index is 1.91. The molecule has 0 radical (unpaired) electrons. The molecule has 43 heavy (non-hydrogen) atoms. The van der Waals surface area contributed by atoms with Gasteiger partial charge in [-0.15, -0.1) is 5.10 Å². The number of fused-ring (bicyclic) bond motifs is 5. The van der Waals surface area contributed by atoms with Gasteiger partial charge in [-0.2, -0.15) is 0 Å². The lowest BCUT2D eigenvalue weighted by molar-refractivity contribution is 0.0165. The summed E-state index contributed by atoms with van der Waals surface area (Å²) in [4.78, 5) is 2.55. The Morgan fingerprint density at radius 1 is 0.860 bits per heavy atom. The van der Waals surface area contributed by atoms with E-state index in [0.29, 0.717) is 6.42 Å². The van der Waals surface area contributed by atoms with Crippen molar-refractivity contribution < 1.29 is 9.76 Å². The van der Waals surface area contributed by atoms with E-state index in [1.54, 1.807) is 0 Å². The first-order valence-electron chi connectivity index (χ1n) is 16.0. The Hall–Kier alpha value is -2.64. The van der Waals surface area contributed by atoms with Gasteiger partial charge in [-0.3, -0.25) is 0 Å². The van der Waals surface area contributed by atoms with Crippen LogP contribution in [0.2, 0.25) is 13.6 Å². The van der Waals surface area contributed by atoms with E-state index in [1.165, 1.54) is 5.56 Å². The minimum atomic E-state index is -0.746. The van der Waals surface area contributed by atoms with Gasteiger partial charge in [0.2, 0.25) is 0 Å². The molecular formula is C36H55BN4O2. The molecule has 234 valence electrons. The van der Waals surface area contributed by atoms with E-state index in [-0.39, 0.29) is 34.9 Å². The number of para-hydroxylation sites is 1. The van der Waals surface area contributed by atoms with Gasteiger partial charge in [0.25, 0.3) is 6.92 Å². The zero-order valence-electron chi connectivity index (χ0n) is 29.0. The summed E-state index contributed by atoms with van der Waals surface area (Å²) >= 11 is 0. The van der Waals surface area contributed by atoms with Gasteiger partial charge in [-0.25, -0.2) is 4.68 Å². The number of anilines is 1. The maximum Gasteiger partial charge on any atom is 0.287 e. The molecule has 0 bridgehead atoms. The van der Waals surface area contributed by atoms with Crippen molar-refractivity contribution in [2.45, 2.75) is 131 Å². The number of rotatable bonds is 10. The first-order chi connectivity index (χ1) is 19.7. The van der Waals surface area contributed by atoms with E-state index < -0.39 is 5.60 Å². The van der Waals surface area contributed by atoms with Gasteiger partial charge in [0, 0.05) is 34.8 Å². The molecular weight excluding hydrogens is 531 g/mol. The van der Waals surface area contributed by atoms with Crippen LogP contribution in [0, 0.1) is 11.3 Å². The molecule has 1 aliphatic rings. The van der Waals surface area contributed by atoms with Crippen molar-refractivity contribution in [2.24, 2.45) is 11.3 Å². The lowest BCUT2D eigenvalue weighted by Crippen LogP contribution is -2.56. The monoisotopic (exact) mass is 586 g/mol. The van der Waals surface area contributed by atoms with Crippen molar-refractivity contribution in [1.82, 2.24) is 15.0 Å². The second-order valence-electron chi connectivity index (χ2n) is 16.2. The van der Waals surface area contributed by atoms with Crippen molar-refractivity contribution in [3.63, 3.8) is 0 Å². The van der Waals surface area contributed by atoms with Crippen LogP contribution >= 0.6 is 0 Å². The largest absolute Gasteiger partial charge is 0.431 e. The fourth-order valence-corrected chi connectivity index (χ4v) is 7.97. The van der Waals surface area contributed by atoms with Crippen LogP contribution in [0.3, 0.4) is 0 Å². The predicted octanol–water partition coefficient (Wildman–Crippen LogP) is 8.71. The summed E-state index contributed by atoms with van der Waals surface area (Å²) in [6.07, 6.45) is 1.53. The average Bonchev–Trinajstić information content (AvgIpc) is 3.28. The Kier molecular flexibility index (Phi) is 8.80. The lowest BCUT2D eigenvalue weighted by atomic mass is 9.70. The Morgan fingerprint density at radius 2 is 1.44 bits per heavy atom. The van der Waals surface area contributed by atoms with Gasteiger partial charge in [0.15, 0.2) is 0 Å². The highest BCUT2D eigenvalue weighted by Crippen LogP contribution is 2.48. The molecule has 1 unspecified atom stereocenters. The number of aliphatic hydroxyl groups is 1. The van der Waals surface area contributed by atoms with Crippen LogP contribution < -0.4 is 4.90 Å². The minimum absolute atomic E-state index is 0.110. The Morgan fingerprint density at radius 3 is 2.05 bits per heavy atom. The van der Waals surface area contributed by atoms with Crippen molar-refractivity contribution >= 4 is 12.6 Å². The smallest absolute Gasteiger partial charge is 0.287 e. The van der Waals surface area contributed by atoms with Gasteiger partial charge in [0.1, 0.15) is 5.69 Å². The van der Waals surface area contributed by atoms with Crippen molar-refractivity contribution in [1.29, 1.82) is 0 Å².